The Labute approximate surface area is 118 Å². The van der Waals surface area contributed by atoms with Crippen LogP contribution in [0.25, 0.3) is 0 Å². The third kappa shape index (κ3) is 5.13. The summed E-state index contributed by atoms with van der Waals surface area (Å²) < 4.78 is 0. The van der Waals surface area contributed by atoms with Crippen LogP contribution in [0.3, 0.4) is 0 Å². The van der Waals surface area contributed by atoms with Gasteiger partial charge >= 0.3 is 0 Å². The van der Waals surface area contributed by atoms with E-state index in [1.165, 1.54) is 19.3 Å². The van der Waals surface area contributed by atoms with Gasteiger partial charge in [-0.25, -0.2) is 0 Å². The van der Waals surface area contributed by atoms with Crippen LogP contribution in [0.2, 0.25) is 0 Å². The molecule has 1 fully saturated rings. The minimum Gasteiger partial charge on any atom is -0.396 e. The van der Waals surface area contributed by atoms with Crippen LogP contribution in [0.5, 0.6) is 0 Å². The van der Waals surface area contributed by atoms with Gasteiger partial charge in [-0.3, -0.25) is 4.79 Å². The molecule has 0 aliphatic heterocycles. The quantitative estimate of drug-likeness (QED) is 0.805. The highest BCUT2D eigenvalue weighted by atomic mass is 16.3. The molecule has 1 amide bonds. The summed E-state index contributed by atoms with van der Waals surface area (Å²) in [7, 11) is 0. The minimum absolute atomic E-state index is 0.0567. The molecule has 0 bridgehead atoms. The number of hydrogen-bond donors (Lipinski definition) is 2. The number of carbonyl (C=O) groups is 1. The van der Waals surface area contributed by atoms with Gasteiger partial charge in [-0.2, -0.15) is 0 Å². The zero-order valence-electron chi connectivity index (χ0n) is 13.1. The Bertz CT molecular complexity index is 288. The highest BCUT2D eigenvalue weighted by molar-refractivity contribution is 5.76. The summed E-state index contributed by atoms with van der Waals surface area (Å²) in [5, 5.41) is 12.7. The second-order valence-electron chi connectivity index (χ2n) is 7.47. The smallest absolute Gasteiger partial charge is 0.220 e. The second-order valence-corrected chi connectivity index (χ2v) is 7.47. The lowest BCUT2D eigenvalue weighted by Crippen LogP contribution is -2.42. The standard InChI is InChI=1S/C16H31NO2/c1-13(15(2,3)4)10-14(19)17-11-16(12-18)8-6-5-7-9-16/h13,18H,5-12H2,1-4H3,(H,17,19). The summed E-state index contributed by atoms with van der Waals surface area (Å²) in [6, 6.07) is 0. The predicted molar refractivity (Wildman–Crippen MR) is 78.8 cm³/mol. The van der Waals surface area contributed by atoms with Gasteiger partial charge in [-0.05, 0) is 24.2 Å². The lowest BCUT2D eigenvalue weighted by Gasteiger charge is -2.36. The molecule has 3 heteroatoms. The Morgan fingerprint density at radius 3 is 2.32 bits per heavy atom. The van der Waals surface area contributed by atoms with Crippen molar-refractivity contribution in [2.24, 2.45) is 16.7 Å². The third-order valence-corrected chi connectivity index (χ3v) is 4.88. The molecule has 1 rings (SSSR count). The molecule has 0 spiro atoms. The Morgan fingerprint density at radius 2 is 1.84 bits per heavy atom. The molecule has 0 radical (unpaired) electrons. The number of rotatable bonds is 5. The van der Waals surface area contributed by atoms with Crippen LogP contribution < -0.4 is 5.32 Å². The fourth-order valence-electron chi connectivity index (χ4n) is 2.64. The largest absolute Gasteiger partial charge is 0.396 e. The van der Waals surface area contributed by atoms with Crippen LogP contribution in [0.1, 0.15) is 66.2 Å². The van der Waals surface area contributed by atoms with Gasteiger partial charge in [-0.1, -0.05) is 47.0 Å². The maximum atomic E-state index is 12.0. The summed E-state index contributed by atoms with van der Waals surface area (Å²) in [4.78, 5) is 12.0. The molecule has 1 atom stereocenters. The van der Waals surface area contributed by atoms with Gasteiger partial charge < -0.3 is 10.4 Å². The van der Waals surface area contributed by atoms with Gasteiger partial charge in [0, 0.05) is 18.4 Å². The number of carbonyl (C=O) groups excluding carboxylic acids is 1. The van der Waals surface area contributed by atoms with E-state index in [4.69, 9.17) is 0 Å². The molecule has 0 saturated heterocycles. The monoisotopic (exact) mass is 269 g/mol. The van der Waals surface area contributed by atoms with Gasteiger partial charge in [-0.15, -0.1) is 0 Å². The van der Waals surface area contributed by atoms with Crippen molar-refractivity contribution in [2.75, 3.05) is 13.2 Å². The molecule has 0 heterocycles. The van der Waals surface area contributed by atoms with Gasteiger partial charge in [0.25, 0.3) is 0 Å². The average molecular weight is 269 g/mol. The van der Waals surface area contributed by atoms with Crippen molar-refractivity contribution < 1.29 is 9.90 Å². The summed E-state index contributed by atoms with van der Waals surface area (Å²) in [5.41, 5.74) is 0.107. The fraction of sp³-hybridized carbons (Fsp3) is 0.938. The Morgan fingerprint density at radius 1 is 1.26 bits per heavy atom. The summed E-state index contributed by atoms with van der Waals surface area (Å²) in [6.45, 7) is 9.47. The molecule has 0 aromatic heterocycles. The van der Waals surface area contributed by atoms with E-state index in [9.17, 15) is 9.90 Å². The topological polar surface area (TPSA) is 49.3 Å². The highest BCUT2D eigenvalue weighted by Crippen LogP contribution is 2.35. The normalized spacial score (nSPS) is 20.9. The van der Waals surface area contributed by atoms with Crippen molar-refractivity contribution in [1.29, 1.82) is 0 Å². The van der Waals surface area contributed by atoms with Crippen molar-refractivity contribution in [1.82, 2.24) is 5.32 Å². The first-order chi connectivity index (χ1) is 8.79. The summed E-state index contributed by atoms with van der Waals surface area (Å²) in [5.74, 6) is 0.491. The molecule has 1 unspecified atom stereocenters. The van der Waals surface area contributed by atoms with E-state index < -0.39 is 0 Å². The molecule has 0 aromatic rings. The molecular weight excluding hydrogens is 238 g/mol. The number of nitrogens with one attached hydrogen (secondary N) is 1. The van der Waals surface area contributed by atoms with Crippen molar-refractivity contribution in [2.45, 2.75) is 66.2 Å². The lowest BCUT2D eigenvalue weighted by molar-refractivity contribution is -0.123. The molecule has 0 aromatic carbocycles. The van der Waals surface area contributed by atoms with Crippen molar-refractivity contribution in [3.63, 3.8) is 0 Å². The number of hydrogen-bond acceptors (Lipinski definition) is 2. The van der Waals surface area contributed by atoms with E-state index in [1.807, 2.05) is 0 Å². The van der Waals surface area contributed by atoms with Crippen LogP contribution in [-0.2, 0) is 4.79 Å². The van der Waals surface area contributed by atoms with Crippen molar-refractivity contribution >= 4 is 5.91 Å². The Hall–Kier alpha value is -0.570. The maximum Gasteiger partial charge on any atom is 0.220 e. The fourth-order valence-corrected chi connectivity index (χ4v) is 2.64. The average Bonchev–Trinajstić information content (AvgIpc) is 2.36. The predicted octanol–water partition coefficient (Wildman–Crippen LogP) is 3.12. The van der Waals surface area contributed by atoms with E-state index in [2.05, 4.69) is 33.0 Å². The molecule has 1 aliphatic carbocycles. The number of amides is 1. The lowest BCUT2D eigenvalue weighted by atomic mass is 9.74. The molecule has 1 aliphatic rings. The molecular formula is C16H31NO2. The van der Waals surface area contributed by atoms with Crippen LogP contribution >= 0.6 is 0 Å². The molecule has 112 valence electrons. The summed E-state index contributed by atoms with van der Waals surface area (Å²) >= 11 is 0. The van der Waals surface area contributed by atoms with Gasteiger partial charge in [0.2, 0.25) is 5.91 Å². The van der Waals surface area contributed by atoms with Gasteiger partial charge in [0.15, 0.2) is 0 Å². The van der Waals surface area contributed by atoms with Crippen molar-refractivity contribution in [3.8, 4) is 0 Å². The zero-order valence-corrected chi connectivity index (χ0v) is 13.1. The van der Waals surface area contributed by atoms with E-state index in [1.54, 1.807) is 0 Å². The summed E-state index contributed by atoms with van der Waals surface area (Å²) in [6.07, 6.45) is 6.27. The SMILES string of the molecule is CC(CC(=O)NCC1(CO)CCCCC1)C(C)(C)C. The Balaban J connectivity index is 2.40. The Kier molecular flexibility index (Phi) is 5.84. The third-order valence-electron chi connectivity index (χ3n) is 4.88. The first-order valence-corrected chi connectivity index (χ1v) is 7.67. The second kappa shape index (κ2) is 6.74. The van der Waals surface area contributed by atoms with Gasteiger partial charge in [0.05, 0.1) is 6.61 Å². The highest BCUT2D eigenvalue weighted by Gasteiger charge is 2.32. The van der Waals surface area contributed by atoms with Gasteiger partial charge in [0.1, 0.15) is 0 Å². The minimum atomic E-state index is -0.0567. The number of aliphatic hydroxyl groups excluding tert-OH is 1. The first-order valence-electron chi connectivity index (χ1n) is 7.67. The van der Waals surface area contributed by atoms with E-state index in [0.29, 0.717) is 18.9 Å². The van der Waals surface area contributed by atoms with Crippen LogP contribution in [0.15, 0.2) is 0 Å². The zero-order chi connectivity index (χ0) is 14.5. The van der Waals surface area contributed by atoms with E-state index in [-0.39, 0.29) is 23.3 Å². The molecule has 2 N–H and O–H groups in total. The molecule has 19 heavy (non-hydrogen) atoms. The van der Waals surface area contributed by atoms with E-state index >= 15 is 0 Å². The van der Waals surface area contributed by atoms with Crippen molar-refractivity contribution in [3.05, 3.63) is 0 Å². The van der Waals surface area contributed by atoms with Crippen LogP contribution in [0.4, 0.5) is 0 Å². The van der Waals surface area contributed by atoms with Crippen LogP contribution in [-0.4, -0.2) is 24.2 Å². The van der Waals surface area contributed by atoms with E-state index in [0.717, 1.165) is 12.8 Å². The molecule has 3 nitrogen and oxygen atoms in total. The van der Waals surface area contributed by atoms with Crippen LogP contribution in [0, 0.1) is 16.7 Å². The number of aliphatic hydroxyl groups is 1. The maximum absolute atomic E-state index is 12.0. The molecule has 1 saturated carbocycles. The first kappa shape index (κ1) is 16.5.